The number of carbonyl (C=O) groups is 1. The first-order chi connectivity index (χ1) is 7.35. The van der Waals surface area contributed by atoms with E-state index in [0.29, 0.717) is 6.42 Å². The molecule has 0 radical (unpaired) electrons. The van der Waals surface area contributed by atoms with Crippen LogP contribution in [-0.4, -0.2) is 17.3 Å². The molecule has 1 aromatic heterocycles. The molecule has 0 saturated carbocycles. The molecule has 0 bridgehead atoms. The second-order valence-corrected chi connectivity index (χ2v) is 3.87. The molecule has 15 heavy (non-hydrogen) atoms. The molecule has 0 spiro atoms. The van der Waals surface area contributed by atoms with Crippen LogP contribution in [0.25, 0.3) is 10.9 Å². The second kappa shape index (κ2) is 4.59. The summed E-state index contributed by atoms with van der Waals surface area (Å²) in [4.78, 5) is 13.9. The first kappa shape index (κ1) is 10.4. The van der Waals surface area contributed by atoms with Crippen LogP contribution in [0.1, 0.15) is 5.56 Å². The van der Waals surface area contributed by atoms with Crippen LogP contribution in [0.5, 0.6) is 0 Å². The smallest absolute Gasteiger partial charge is 0.138 e. The van der Waals surface area contributed by atoms with Crippen molar-refractivity contribution < 1.29 is 4.79 Å². The van der Waals surface area contributed by atoms with Gasteiger partial charge in [0.2, 0.25) is 0 Å². The Morgan fingerprint density at radius 1 is 1.47 bits per heavy atom. The fraction of sp³-hybridized carbons (Fsp3) is 0.182. The Morgan fingerprint density at radius 3 is 3.00 bits per heavy atom. The number of benzene rings is 1. The average molecular weight is 267 g/mol. The Labute approximate surface area is 96.2 Å². The summed E-state index contributed by atoms with van der Waals surface area (Å²) in [5.74, 6) is 0. The van der Waals surface area contributed by atoms with Crippen LogP contribution in [0.15, 0.2) is 30.5 Å². The number of rotatable bonds is 4. The topological polar surface area (TPSA) is 44.9 Å². The molecule has 0 aliphatic heterocycles. The van der Waals surface area contributed by atoms with Gasteiger partial charge in [-0.1, -0.05) is 18.2 Å². The summed E-state index contributed by atoms with van der Waals surface area (Å²) in [5, 5.41) is 1.17. The van der Waals surface area contributed by atoms with Crippen LogP contribution in [0, 0.1) is 0 Å². The van der Waals surface area contributed by atoms with Gasteiger partial charge in [-0.3, -0.25) is 0 Å². The van der Waals surface area contributed by atoms with Crippen molar-refractivity contribution in [2.24, 2.45) is 0 Å². The molecule has 1 heterocycles. The van der Waals surface area contributed by atoms with Gasteiger partial charge in [0.25, 0.3) is 0 Å². The molecule has 0 aliphatic carbocycles. The molecule has 0 aliphatic rings. The van der Waals surface area contributed by atoms with Gasteiger partial charge in [-0.15, -0.1) is 0 Å². The fourth-order valence-electron chi connectivity index (χ4n) is 1.65. The van der Waals surface area contributed by atoms with Gasteiger partial charge in [0.15, 0.2) is 0 Å². The lowest BCUT2D eigenvalue weighted by molar-refractivity contribution is -0.109. The number of carbonyl (C=O) groups excluding carboxylic acids is 1. The van der Waals surface area contributed by atoms with Gasteiger partial charge in [0.1, 0.15) is 6.29 Å². The number of hydrogen-bond acceptors (Lipinski definition) is 2. The highest BCUT2D eigenvalue weighted by atomic mass is 79.9. The molecule has 78 valence electrons. The van der Waals surface area contributed by atoms with E-state index in [0.717, 1.165) is 17.4 Å². The van der Waals surface area contributed by atoms with Crippen molar-refractivity contribution in [3.63, 3.8) is 0 Å². The third-order valence-corrected chi connectivity index (χ3v) is 3.01. The maximum atomic E-state index is 10.7. The van der Waals surface area contributed by atoms with Crippen LogP contribution in [0.3, 0.4) is 0 Å². The number of aromatic amines is 1. The van der Waals surface area contributed by atoms with Crippen molar-refractivity contribution in [1.29, 1.82) is 0 Å². The largest absolute Gasteiger partial charge is 0.361 e. The van der Waals surface area contributed by atoms with Crippen molar-refractivity contribution in [1.82, 2.24) is 9.33 Å². The lowest BCUT2D eigenvalue weighted by atomic mass is 10.1. The van der Waals surface area contributed by atoms with Crippen LogP contribution in [0.2, 0.25) is 0 Å². The number of hydrogen-bond donors (Lipinski definition) is 2. The molecule has 1 aromatic carbocycles. The van der Waals surface area contributed by atoms with Crippen LogP contribution < -0.4 is 4.34 Å². The maximum Gasteiger partial charge on any atom is 0.138 e. The van der Waals surface area contributed by atoms with Gasteiger partial charge in [0.05, 0.1) is 6.04 Å². The summed E-state index contributed by atoms with van der Waals surface area (Å²) in [7, 11) is 0. The SMILES string of the molecule is O=CC(Cc1c[nH]c2ccccc12)NBr. The highest BCUT2D eigenvalue weighted by molar-refractivity contribution is 9.08. The molecule has 2 N–H and O–H groups in total. The molecule has 0 saturated heterocycles. The van der Waals surface area contributed by atoms with E-state index in [1.807, 2.05) is 24.4 Å². The van der Waals surface area contributed by atoms with Crippen LogP contribution in [0.4, 0.5) is 0 Å². The summed E-state index contributed by atoms with van der Waals surface area (Å²) in [6.45, 7) is 0. The second-order valence-electron chi connectivity index (χ2n) is 3.42. The third kappa shape index (κ3) is 2.11. The van der Waals surface area contributed by atoms with E-state index in [-0.39, 0.29) is 6.04 Å². The minimum atomic E-state index is -0.191. The maximum absolute atomic E-state index is 10.7. The summed E-state index contributed by atoms with van der Waals surface area (Å²) in [5.41, 5.74) is 2.25. The Hall–Kier alpha value is -1.13. The first-order valence-electron chi connectivity index (χ1n) is 4.71. The van der Waals surface area contributed by atoms with Gasteiger partial charge in [-0.2, -0.15) is 0 Å². The highest BCUT2D eigenvalue weighted by Gasteiger charge is 2.09. The minimum Gasteiger partial charge on any atom is -0.361 e. The number of H-pyrrole nitrogens is 1. The van der Waals surface area contributed by atoms with Gasteiger partial charge < -0.3 is 9.78 Å². The van der Waals surface area contributed by atoms with Crippen LogP contribution in [-0.2, 0) is 11.2 Å². The van der Waals surface area contributed by atoms with Gasteiger partial charge in [0, 0.05) is 33.2 Å². The first-order valence-corrected chi connectivity index (χ1v) is 5.51. The van der Waals surface area contributed by atoms with E-state index >= 15 is 0 Å². The molecule has 1 unspecified atom stereocenters. The van der Waals surface area contributed by atoms with Crippen LogP contribution >= 0.6 is 16.1 Å². The highest BCUT2D eigenvalue weighted by Crippen LogP contribution is 2.18. The number of nitrogens with one attached hydrogen (secondary N) is 2. The Bertz CT molecular complexity index is 466. The van der Waals surface area contributed by atoms with Gasteiger partial charge in [-0.05, 0) is 18.1 Å². The number of halogens is 1. The van der Waals surface area contributed by atoms with Crippen molar-refractivity contribution in [3.05, 3.63) is 36.0 Å². The Morgan fingerprint density at radius 2 is 2.27 bits per heavy atom. The summed E-state index contributed by atoms with van der Waals surface area (Å²) < 4.78 is 2.79. The number of para-hydroxylation sites is 1. The van der Waals surface area contributed by atoms with Crippen molar-refractivity contribution >= 4 is 33.3 Å². The lowest BCUT2D eigenvalue weighted by Crippen LogP contribution is -2.24. The molecule has 0 amide bonds. The van der Waals surface area contributed by atoms with E-state index < -0.39 is 0 Å². The van der Waals surface area contributed by atoms with Crippen molar-refractivity contribution in [2.45, 2.75) is 12.5 Å². The van der Waals surface area contributed by atoms with E-state index in [1.54, 1.807) is 0 Å². The van der Waals surface area contributed by atoms with E-state index in [9.17, 15) is 4.79 Å². The quantitative estimate of drug-likeness (QED) is 0.658. The molecule has 2 rings (SSSR count). The molecule has 0 fully saturated rings. The fourth-order valence-corrected chi connectivity index (χ4v) is 1.92. The lowest BCUT2D eigenvalue weighted by Gasteiger charge is -2.05. The Kier molecular flexibility index (Phi) is 3.18. The van der Waals surface area contributed by atoms with Crippen molar-refractivity contribution in [3.8, 4) is 0 Å². The summed E-state index contributed by atoms with van der Waals surface area (Å²) in [6, 6.07) is 7.87. The molecular weight excluding hydrogens is 256 g/mol. The normalized spacial score (nSPS) is 12.9. The van der Waals surface area contributed by atoms with E-state index in [1.165, 1.54) is 5.39 Å². The number of aromatic nitrogens is 1. The van der Waals surface area contributed by atoms with Gasteiger partial charge in [-0.25, -0.2) is 4.34 Å². The predicted octanol–water partition coefficient (Wildman–Crippen LogP) is 2.18. The number of aldehydes is 1. The minimum absolute atomic E-state index is 0.191. The van der Waals surface area contributed by atoms with Crippen molar-refractivity contribution in [2.75, 3.05) is 0 Å². The summed E-state index contributed by atoms with van der Waals surface area (Å²) >= 11 is 3.09. The molecular formula is C11H11BrN2O. The van der Waals surface area contributed by atoms with E-state index in [4.69, 9.17) is 0 Å². The zero-order chi connectivity index (χ0) is 10.7. The molecule has 2 aromatic rings. The monoisotopic (exact) mass is 266 g/mol. The zero-order valence-corrected chi connectivity index (χ0v) is 9.62. The zero-order valence-electron chi connectivity index (χ0n) is 8.03. The predicted molar refractivity (Wildman–Crippen MR) is 63.9 cm³/mol. The summed E-state index contributed by atoms with van der Waals surface area (Å²) in [6.07, 6.45) is 3.53. The average Bonchev–Trinajstić information content (AvgIpc) is 2.69. The van der Waals surface area contributed by atoms with Gasteiger partial charge >= 0.3 is 0 Å². The molecule has 3 nitrogen and oxygen atoms in total. The molecule has 4 heteroatoms. The Balaban J connectivity index is 2.32. The number of fused-ring (bicyclic) bond motifs is 1. The van der Waals surface area contributed by atoms with E-state index in [2.05, 4.69) is 31.5 Å². The molecule has 1 atom stereocenters. The third-order valence-electron chi connectivity index (χ3n) is 2.42. The standard InChI is InChI=1S/C11H11BrN2O/c12-14-9(7-15)5-8-6-13-11-4-2-1-3-10(8)11/h1-4,6-7,9,13-14H,5H2.